The van der Waals surface area contributed by atoms with Crippen molar-refractivity contribution in [2.75, 3.05) is 18.5 Å². The molecule has 0 atom stereocenters. The second-order valence-corrected chi connectivity index (χ2v) is 8.43. The van der Waals surface area contributed by atoms with Gasteiger partial charge >= 0.3 is 5.97 Å². The number of hydrogen-bond donors (Lipinski definition) is 1. The molecule has 1 amide bonds. The number of likely N-dealkylation sites (N-methyl/N-ethyl adjacent to an activating group) is 1. The van der Waals surface area contributed by atoms with Crippen molar-refractivity contribution in [3.63, 3.8) is 0 Å². The molecule has 1 aromatic carbocycles. The fraction of sp³-hybridized carbons (Fsp3) is 0.316. The molecule has 2 aliphatic heterocycles. The quantitative estimate of drug-likeness (QED) is 0.629. The molecule has 0 aliphatic carbocycles. The average Bonchev–Trinajstić information content (AvgIpc) is 2.96. The normalized spacial score (nSPS) is 21.8. The van der Waals surface area contributed by atoms with E-state index in [2.05, 4.69) is 30.9 Å². The summed E-state index contributed by atoms with van der Waals surface area (Å²) in [5.74, 6) is -1.17. The minimum atomic E-state index is -0.947. The average molecular weight is 389 g/mol. The van der Waals surface area contributed by atoms with Gasteiger partial charge in [-0.2, -0.15) is 0 Å². The molecule has 1 saturated heterocycles. The summed E-state index contributed by atoms with van der Waals surface area (Å²) < 4.78 is 0.406. The molecule has 1 aromatic rings. The first-order valence-corrected chi connectivity index (χ1v) is 9.47. The number of hydrogen-bond acceptors (Lipinski definition) is 5. The first kappa shape index (κ1) is 18.7. The number of carbonyl (C=O) groups excluding carboxylic acids is 1. The molecule has 3 rings (SSSR count). The lowest BCUT2D eigenvalue weighted by Crippen LogP contribution is -2.30. The van der Waals surface area contributed by atoms with Gasteiger partial charge in [0.2, 0.25) is 0 Å². The van der Waals surface area contributed by atoms with E-state index in [4.69, 9.17) is 17.3 Å². The van der Waals surface area contributed by atoms with Crippen molar-refractivity contribution in [2.45, 2.75) is 25.7 Å². The van der Waals surface area contributed by atoms with E-state index in [0.29, 0.717) is 9.23 Å². The largest absolute Gasteiger partial charge is 0.481 e. The SMILES string of the molecule is CN1/C(=C\C=C2\SC(=S)N(CCC(=O)O)C2=O)C(C)(C)c2ccccc21. The van der Waals surface area contributed by atoms with Crippen molar-refractivity contribution in [3.05, 3.63) is 52.6 Å². The van der Waals surface area contributed by atoms with Crippen molar-refractivity contribution < 1.29 is 14.7 Å². The van der Waals surface area contributed by atoms with Gasteiger partial charge in [0.1, 0.15) is 4.32 Å². The number of carboxylic acid groups (broad SMARTS) is 1. The Kier molecular flexibility index (Phi) is 4.94. The molecule has 2 heterocycles. The molecule has 5 nitrogen and oxygen atoms in total. The third-order valence-corrected chi connectivity index (χ3v) is 6.15. The summed E-state index contributed by atoms with van der Waals surface area (Å²) in [5.41, 5.74) is 3.33. The molecule has 26 heavy (non-hydrogen) atoms. The van der Waals surface area contributed by atoms with E-state index in [1.165, 1.54) is 22.2 Å². The van der Waals surface area contributed by atoms with E-state index < -0.39 is 5.97 Å². The molecule has 1 fully saturated rings. The molecule has 0 spiro atoms. The van der Waals surface area contributed by atoms with Crippen molar-refractivity contribution in [2.24, 2.45) is 0 Å². The van der Waals surface area contributed by atoms with E-state index in [9.17, 15) is 9.59 Å². The van der Waals surface area contributed by atoms with Gasteiger partial charge in [0.25, 0.3) is 5.91 Å². The summed E-state index contributed by atoms with van der Waals surface area (Å²) in [6, 6.07) is 8.26. The first-order chi connectivity index (χ1) is 12.2. The Morgan fingerprint density at radius 1 is 1.31 bits per heavy atom. The van der Waals surface area contributed by atoms with Gasteiger partial charge in [-0.1, -0.05) is 56.0 Å². The zero-order chi connectivity index (χ0) is 19.1. The smallest absolute Gasteiger partial charge is 0.305 e. The van der Waals surface area contributed by atoms with Crippen LogP contribution in [0.25, 0.3) is 0 Å². The zero-order valence-corrected chi connectivity index (χ0v) is 16.5. The van der Waals surface area contributed by atoms with Crippen molar-refractivity contribution in [1.82, 2.24) is 4.90 Å². The van der Waals surface area contributed by atoms with E-state index in [-0.39, 0.29) is 24.3 Å². The number of amides is 1. The lowest BCUT2D eigenvalue weighted by molar-refractivity contribution is -0.137. The highest BCUT2D eigenvalue weighted by Crippen LogP contribution is 2.46. The predicted octanol–water partition coefficient (Wildman–Crippen LogP) is 3.52. The molecule has 0 unspecified atom stereocenters. The van der Waals surface area contributed by atoms with Crippen molar-refractivity contribution >= 4 is 45.9 Å². The zero-order valence-electron chi connectivity index (χ0n) is 14.9. The second kappa shape index (κ2) is 6.89. The maximum absolute atomic E-state index is 12.5. The molecule has 0 bridgehead atoms. The predicted molar refractivity (Wildman–Crippen MR) is 108 cm³/mol. The minimum absolute atomic E-state index is 0.102. The van der Waals surface area contributed by atoms with Gasteiger partial charge in [0.05, 0.1) is 11.3 Å². The fourth-order valence-corrected chi connectivity index (χ4v) is 4.62. The lowest BCUT2D eigenvalue weighted by Gasteiger charge is -2.23. The first-order valence-electron chi connectivity index (χ1n) is 8.24. The van der Waals surface area contributed by atoms with Gasteiger partial charge in [-0.15, -0.1) is 0 Å². The highest BCUT2D eigenvalue weighted by molar-refractivity contribution is 8.26. The fourth-order valence-electron chi connectivity index (χ4n) is 3.37. The summed E-state index contributed by atoms with van der Waals surface area (Å²) >= 11 is 6.44. The molecule has 0 aromatic heterocycles. The standard InChI is InChI=1S/C19H20N2O3S2/c1-19(2)12-6-4-5-7-13(12)20(3)15(19)9-8-14-17(24)21(18(25)26-14)11-10-16(22)23/h4-9H,10-11H2,1-3H3,(H,22,23)/b14-8+,15-9-. The number of fused-ring (bicyclic) bond motifs is 1. The summed E-state index contributed by atoms with van der Waals surface area (Å²) in [4.78, 5) is 27.3. The topological polar surface area (TPSA) is 60.9 Å². The summed E-state index contributed by atoms with van der Waals surface area (Å²) in [5, 5.41) is 8.81. The van der Waals surface area contributed by atoms with Crippen LogP contribution >= 0.6 is 24.0 Å². The Balaban J connectivity index is 1.87. The number of allylic oxidation sites excluding steroid dienone is 3. The lowest BCUT2D eigenvalue weighted by atomic mass is 9.84. The van der Waals surface area contributed by atoms with Gasteiger partial charge in [-0.3, -0.25) is 14.5 Å². The van der Waals surface area contributed by atoms with Gasteiger partial charge in [0.15, 0.2) is 0 Å². The van der Waals surface area contributed by atoms with Crippen LogP contribution in [0, 0.1) is 0 Å². The van der Waals surface area contributed by atoms with Crippen molar-refractivity contribution in [3.8, 4) is 0 Å². The number of rotatable bonds is 4. The van der Waals surface area contributed by atoms with Gasteiger partial charge < -0.3 is 10.0 Å². The molecule has 0 radical (unpaired) electrons. The van der Waals surface area contributed by atoms with Crippen LogP contribution in [0.15, 0.2) is 47.0 Å². The summed E-state index contributed by atoms with van der Waals surface area (Å²) in [6.45, 7) is 4.42. The maximum atomic E-state index is 12.5. The number of carboxylic acids is 1. The Labute approximate surface area is 162 Å². The highest BCUT2D eigenvalue weighted by Gasteiger charge is 2.38. The molecular weight excluding hydrogens is 368 g/mol. The van der Waals surface area contributed by atoms with E-state index in [0.717, 1.165) is 11.4 Å². The number of nitrogens with zero attached hydrogens (tertiary/aromatic N) is 2. The molecule has 136 valence electrons. The van der Waals surface area contributed by atoms with Gasteiger partial charge in [-0.25, -0.2) is 0 Å². The summed E-state index contributed by atoms with van der Waals surface area (Å²) in [6.07, 6.45) is 3.63. The van der Waals surface area contributed by atoms with Gasteiger partial charge in [0, 0.05) is 30.4 Å². The Morgan fingerprint density at radius 3 is 2.65 bits per heavy atom. The number of carbonyl (C=O) groups is 2. The van der Waals surface area contributed by atoms with Gasteiger partial charge in [-0.05, 0) is 23.8 Å². The van der Waals surface area contributed by atoms with E-state index >= 15 is 0 Å². The van der Waals surface area contributed by atoms with Crippen LogP contribution in [0.2, 0.25) is 0 Å². The highest BCUT2D eigenvalue weighted by atomic mass is 32.2. The van der Waals surface area contributed by atoms with Crippen LogP contribution in [0.3, 0.4) is 0 Å². The molecular formula is C19H20N2O3S2. The van der Waals surface area contributed by atoms with Crippen LogP contribution in [-0.2, 0) is 15.0 Å². The second-order valence-electron chi connectivity index (χ2n) is 6.75. The van der Waals surface area contributed by atoms with Crippen LogP contribution < -0.4 is 4.90 Å². The van der Waals surface area contributed by atoms with E-state index in [1.807, 2.05) is 25.3 Å². The number of aliphatic carboxylic acids is 1. The van der Waals surface area contributed by atoms with Crippen LogP contribution in [-0.4, -0.2) is 39.8 Å². The van der Waals surface area contributed by atoms with Crippen LogP contribution in [0.1, 0.15) is 25.8 Å². The Morgan fingerprint density at radius 2 is 2.00 bits per heavy atom. The third kappa shape index (κ3) is 3.17. The molecule has 0 saturated carbocycles. The monoisotopic (exact) mass is 388 g/mol. The third-order valence-electron chi connectivity index (χ3n) is 4.76. The number of thioether (sulfide) groups is 1. The summed E-state index contributed by atoms with van der Waals surface area (Å²) in [7, 11) is 2.02. The molecule has 2 aliphatic rings. The number of anilines is 1. The Bertz CT molecular complexity index is 858. The van der Waals surface area contributed by atoms with Crippen LogP contribution in [0.4, 0.5) is 5.69 Å². The molecule has 7 heteroatoms. The number of para-hydroxylation sites is 1. The van der Waals surface area contributed by atoms with Crippen molar-refractivity contribution in [1.29, 1.82) is 0 Å². The molecule has 1 N–H and O–H groups in total. The Hall–Kier alpha value is -2.12. The number of benzene rings is 1. The minimum Gasteiger partial charge on any atom is -0.481 e. The number of thiocarbonyl (C=S) groups is 1. The maximum Gasteiger partial charge on any atom is 0.305 e. The van der Waals surface area contributed by atoms with Crippen LogP contribution in [0.5, 0.6) is 0 Å². The van der Waals surface area contributed by atoms with E-state index in [1.54, 1.807) is 6.08 Å².